The van der Waals surface area contributed by atoms with E-state index in [4.69, 9.17) is 5.11 Å². The maximum atomic E-state index is 11.5. The zero-order valence-corrected chi connectivity index (χ0v) is 11.8. The number of rotatable bonds is 8. The Morgan fingerprint density at radius 2 is 1.95 bits per heavy atom. The molecule has 0 fully saturated rings. The van der Waals surface area contributed by atoms with Crippen LogP contribution in [0.4, 0.5) is 4.79 Å². The molecule has 0 saturated heterocycles. The fraction of sp³-hybridized carbons (Fsp3) is 0.467. The van der Waals surface area contributed by atoms with Gasteiger partial charge in [-0.2, -0.15) is 0 Å². The van der Waals surface area contributed by atoms with E-state index in [2.05, 4.69) is 22.8 Å². The van der Waals surface area contributed by atoms with Gasteiger partial charge < -0.3 is 15.7 Å². The number of nitrogens with one attached hydrogen (secondary N) is 2. The Bertz CT molecular complexity index is 420. The number of hydrogen-bond acceptors (Lipinski definition) is 2. The van der Waals surface area contributed by atoms with Gasteiger partial charge in [0.2, 0.25) is 0 Å². The number of carboxylic acid groups (broad SMARTS) is 1. The Kier molecular flexibility index (Phi) is 7.17. The highest BCUT2D eigenvalue weighted by molar-refractivity contribution is 5.74. The number of hydrogen-bond donors (Lipinski definition) is 3. The minimum Gasteiger partial charge on any atom is -0.481 e. The minimum absolute atomic E-state index is 0.0733. The summed E-state index contributed by atoms with van der Waals surface area (Å²) in [5, 5.41) is 14.0. The third-order valence-corrected chi connectivity index (χ3v) is 2.94. The van der Waals surface area contributed by atoms with Gasteiger partial charge in [-0.25, -0.2) is 4.79 Å². The lowest BCUT2D eigenvalue weighted by atomic mass is 10.1. The van der Waals surface area contributed by atoms with E-state index < -0.39 is 5.97 Å². The minimum atomic E-state index is -0.844. The van der Waals surface area contributed by atoms with Gasteiger partial charge in [-0.15, -0.1) is 0 Å². The third-order valence-electron chi connectivity index (χ3n) is 2.94. The first-order chi connectivity index (χ1) is 9.58. The van der Waals surface area contributed by atoms with Crippen molar-refractivity contribution in [2.24, 2.45) is 0 Å². The summed E-state index contributed by atoms with van der Waals surface area (Å²) in [6.45, 7) is 2.34. The van der Waals surface area contributed by atoms with Crippen molar-refractivity contribution in [2.75, 3.05) is 6.54 Å². The summed E-state index contributed by atoms with van der Waals surface area (Å²) >= 11 is 0. The molecule has 0 heterocycles. The lowest BCUT2D eigenvalue weighted by Crippen LogP contribution is -2.41. The highest BCUT2D eigenvalue weighted by Gasteiger charge is 2.07. The third kappa shape index (κ3) is 7.41. The predicted molar refractivity (Wildman–Crippen MR) is 77.6 cm³/mol. The number of benzene rings is 1. The molecule has 0 bridgehead atoms. The van der Waals surface area contributed by atoms with Crippen LogP contribution < -0.4 is 10.6 Å². The van der Waals surface area contributed by atoms with E-state index >= 15 is 0 Å². The van der Waals surface area contributed by atoms with E-state index in [1.54, 1.807) is 0 Å². The summed E-state index contributed by atoms with van der Waals surface area (Å²) in [6, 6.07) is 9.96. The average Bonchev–Trinajstić information content (AvgIpc) is 2.42. The first-order valence-corrected chi connectivity index (χ1v) is 6.88. The first kappa shape index (κ1) is 16.0. The van der Waals surface area contributed by atoms with E-state index in [0.717, 1.165) is 12.8 Å². The maximum Gasteiger partial charge on any atom is 0.314 e. The molecule has 0 radical (unpaired) electrons. The molecule has 5 nitrogen and oxygen atoms in total. The molecule has 0 aliphatic rings. The van der Waals surface area contributed by atoms with Crippen LogP contribution in [0.15, 0.2) is 30.3 Å². The summed E-state index contributed by atoms with van der Waals surface area (Å²) in [6.07, 6.45) is 2.30. The molecule has 1 rings (SSSR count). The largest absolute Gasteiger partial charge is 0.481 e. The second-order valence-corrected chi connectivity index (χ2v) is 4.82. The number of urea groups is 1. The number of carbonyl (C=O) groups excluding carboxylic acids is 1. The normalized spacial score (nSPS) is 11.7. The van der Waals surface area contributed by atoms with Crippen LogP contribution in [0.25, 0.3) is 0 Å². The molecular formula is C15H22N2O3. The van der Waals surface area contributed by atoms with Crippen molar-refractivity contribution in [1.29, 1.82) is 0 Å². The van der Waals surface area contributed by atoms with Crippen molar-refractivity contribution >= 4 is 12.0 Å². The van der Waals surface area contributed by atoms with Gasteiger partial charge in [0.25, 0.3) is 0 Å². The predicted octanol–water partition coefficient (Wildman–Crippen LogP) is 2.17. The van der Waals surface area contributed by atoms with Crippen molar-refractivity contribution in [2.45, 2.75) is 38.6 Å². The van der Waals surface area contributed by atoms with Crippen molar-refractivity contribution in [3.8, 4) is 0 Å². The number of carbonyl (C=O) groups is 2. The molecule has 1 aromatic carbocycles. The topological polar surface area (TPSA) is 78.4 Å². The summed E-state index contributed by atoms with van der Waals surface area (Å²) in [5.74, 6) is -0.844. The van der Waals surface area contributed by atoms with Gasteiger partial charge in [0, 0.05) is 19.0 Å². The van der Waals surface area contributed by atoms with Crippen LogP contribution in [-0.2, 0) is 11.2 Å². The van der Waals surface area contributed by atoms with Gasteiger partial charge >= 0.3 is 12.0 Å². The average molecular weight is 278 g/mol. The molecule has 0 saturated carbocycles. The molecule has 2 amide bonds. The van der Waals surface area contributed by atoms with E-state index in [9.17, 15) is 9.59 Å². The summed E-state index contributed by atoms with van der Waals surface area (Å²) in [4.78, 5) is 21.9. The second kappa shape index (κ2) is 8.96. The lowest BCUT2D eigenvalue weighted by molar-refractivity contribution is -0.137. The molecule has 3 N–H and O–H groups in total. The zero-order valence-electron chi connectivity index (χ0n) is 11.8. The molecule has 20 heavy (non-hydrogen) atoms. The highest BCUT2D eigenvalue weighted by Crippen LogP contribution is 2.04. The van der Waals surface area contributed by atoms with Gasteiger partial charge in [0.1, 0.15) is 0 Å². The Morgan fingerprint density at radius 1 is 1.25 bits per heavy atom. The van der Waals surface area contributed by atoms with E-state index in [1.807, 2.05) is 25.1 Å². The van der Waals surface area contributed by atoms with Crippen molar-refractivity contribution in [3.63, 3.8) is 0 Å². The van der Waals surface area contributed by atoms with Gasteiger partial charge in [-0.05, 0) is 31.7 Å². The molecule has 0 aromatic heterocycles. The molecule has 110 valence electrons. The summed E-state index contributed by atoms with van der Waals surface area (Å²) in [5.41, 5.74) is 1.25. The van der Waals surface area contributed by atoms with E-state index in [-0.39, 0.29) is 18.5 Å². The van der Waals surface area contributed by atoms with E-state index in [0.29, 0.717) is 13.0 Å². The fourth-order valence-electron chi connectivity index (χ4n) is 1.82. The number of aryl methyl sites for hydroxylation is 1. The Hall–Kier alpha value is -2.04. The standard InChI is InChI=1S/C15H22N2O3/c1-12(9-10-13-6-3-2-4-7-13)17-15(20)16-11-5-8-14(18)19/h2-4,6-7,12H,5,8-11H2,1H3,(H,18,19)(H2,16,17,20). The molecular weight excluding hydrogens is 256 g/mol. The molecule has 5 heteroatoms. The van der Waals surface area contributed by atoms with Gasteiger partial charge in [-0.3, -0.25) is 4.79 Å². The van der Waals surface area contributed by atoms with E-state index in [1.165, 1.54) is 5.56 Å². The highest BCUT2D eigenvalue weighted by atomic mass is 16.4. The molecule has 0 aliphatic heterocycles. The number of carboxylic acids is 1. The second-order valence-electron chi connectivity index (χ2n) is 4.82. The Morgan fingerprint density at radius 3 is 2.60 bits per heavy atom. The number of aliphatic carboxylic acids is 1. The van der Waals surface area contributed by atoms with Gasteiger partial charge in [0.05, 0.1) is 0 Å². The first-order valence-electron chi connectivity index (χ1n) is 6.88. The van der Waals surface area contributed by atoms with Crippen LogP contribution in [0.1, 0.15) is 31.7 Å². The summed E-state index contributed by atoms with van der Waals surface area (Å²) < 4.78 is 0. The molecule has 1 aromatic rings. The maximum absolute atomic E-state index is 11.5. The quantitative estimate of drug-likeness (QED) is 0.638. The zero-order chi connectivity index (χ0) is 14.8. The number of amides is 2. The fourth-order valence-corrected chi connectivity index (χ4v) is 1.82. The SMILES string of the molecule is CC(CCc1ccccc1)NC(=O)NCCCC(=O)O. The van der Waals surface area contributed by atoms with Crippen molar-refractivity contribution < 1.29 is 14.7 Å². The van der Waals surface area contributed by atoms with Crippen molar-refractivity contribution in [1.82, 2.24) is 10.6 Å². The Labute approximate surface area is 119 Å². The van der Waals surface area contributed by atoms with Gasteiger partial charge in [-0.1, -0.05) is 30.3 Å². The van der Waals surface area contributed by atoms with Crippen LogP contribution in [-0.4, -0.2) is 29.7 Å². The van der Waals surface area contributed by atoms with Crippen LogP contribution in [0.2, 0.25) is 0 Å². The van der Waals surface area contributed by atoms with Crippen molar-refractivity contribution in [3.05, 3.63) is 35.9 Å². The molecule has 1 atom stereocenters. The summed E-state index contributed by atoms with van der Waals surface area (Å²) in [7, 11) is 0. The van der Waals surface area contributed by atoms with Crippen LogP contribution in [0, 0.1) is 0 Å². The van der Waals surface area contributed by atoms with Crippen LogP contribution >= 0.6 is 0 Å². The Balaban J connectivity index is 2.13. The molecule has 1 unspecified atom stereocenters. The van der Waals surface area contributed by atoms with Crippen LogP contribution in [0.5, 0.6) is 0 Å². The molecule has 0 spiro atoms. The lowest BCUT2D eigenvalue weighted by Gasteiger charge is -2.14. The van der Waals surface area contributed by atoms with Gasteiger partial charge in [0.15, 0.2) is 0 Å². The monoisotopic (exact) mass is 278 g/mol. The smallest absolute Gasteiger partial charge is 0.314 e. The molecule has 0 aliphatic carbocycles. The van der Waals surface area contributed by atoms with Crippen LogP contribution in [0.3, 0.4) is 0 Å².